The first-order valence-corrected chi connectivity index (χ1v) is 10.4. The normalized spacial score (nSPS) is 23.1. The molecule has 0 saturated carbocycles. The molecule has 0 bridgehead atoms. The van der Waals surface area contributed by atoms with Gasteiger partial charge in [0.1, 0.15) is 0 Å². The molecule has 9 heteroatoms. The van der Waals surface area contributed by atoms with Crippen molar-refractivity contribution in [3.63, 3.8) is 0 Å². The van der Waals surface area contributed by atoms with Gasteiger partial charge in [-0.05, 0) is 29.8 Å². The molecule has 2 aromatic carbocycles. The molecule has 3 aliphatic heterocycles. The zero-order chi connectivity index (χ0) is 21.0. The van der Waals surface area contributed by atoms with Gasteiger partial charge in [0.05, 0.1) is 6.54 Å². The Labute approximate surface area is 184 Å². The molecule has 2 unspecified atom stereocenters. The molecule has 2 atom stereocenters. The molecule has 0 radical (unpaired) electrons. The van der Waals surface area contributed by atoms with Gasteiger partial charge in [-0.15, -0.1) is 0 Å². The molecular formula is C21H19Cl2N5O2. The average molecular weight is 444 g/mol. The molecule has 3 amide bonds. The van der Waals surface area contributed by atoms with Crippen molar-refractivity contribution in [3.8, 4) is 0 Å². The van der Waals surface area contributed by atoms with E-state index in [1.54, 1.807) is 25.2 Å². The van der Waals surface area contributed by atoms with Crippen molar-refractivity contribution < 1.29 is 9.59 Å². The molecule has 30 heavy (non-hydrogen) atoms. The number of para-hydroxylation sites is 1. The SMILES string of the molecule is CN1C(=O)N(Cc2ccc(Cl)cc2Cl)C(=O)C2C1N=C1N(c3ccccc3)CCN12. The summed E-state index contributed by atoms with van der Waals surface area (Å²) in [4.78, 5) is 38.0. The highest BCUT2D eigenvalue weighted by Gasteiger charge is 2.54. The zero-order valence-corrected chi connectivity index (χ0v) is 17.7. The second kappa shape index (κ2) is 7.18. The molecule has 3 heterocycles. The Kier molecular flexibility index (Phi) is 4.60. The van der Waals surface area contributed by atoms with Gasteiger partial charge in [-0.1, -0.05) is 47.5 Å². The minimum Gasteiger partial charge on any atom is -0.325 e. The summed E-state index contributed by atoms with van der Waals surface area (Å²) < 4.78 is 0. The number of imide groups is 1. The van der Waals surface area contributed by atoms with Crippen LogP contribution in [0.25, 0.3) is 0 Å². The van der Waals surface area contributed by atoms with E-state index in [2.05, 4.69) is 4.90 Å². The highest BCUT2D eigenvalue weighted by atomic mass is 35.5. The molecule has 3 aliphatic rings. The second-order valence-electron chi connectivity index (χ2n) is 7.52. The van der Waals surface area contributed by atoms with Crippen molar-refractivity contribution in [2.75, 3.05) is 25.0 Å². The number of halogens is 2. The summed E-state index contributed by atoms with van der Waals surface area (Å²) >= 11 is 12.3. The molecule has 2 fully saturated rings. The molecule has 7 nitrogen and oxygen atoms in total. The highest BCUT2D eigenvalue weighted by Crippen LogP contribution is 2.34. The lowest BCUT2D eigenvalue weighted by Crippen LogP contribution is -2.64. The monoisotopic (exact) mass is 443 g/mol. The summed E-state index contributed by atoms with van der Waals surface area (Å²) in [7, 11) is 1.68. The largest absolute Gasteiger partial charge is 0.328 e. The topological polar surface area (TPSA) is 59.5 Å². The van der Waals surface area contributed by atoms with E-state index in [0.29, 0.717) is 22.2 Å². The van der Waals surface area contributed by atoms with Crippen LogP contribution in [0.3, 0.4) is 0 Å². The Morgan fingerprint density at radius 1 is 1.07 bits per heavy atom. The number of rotatable bonds is 3. The van der Waals surface area contributed by atoms with Crippen molar-refractivity contribution in [2.24, 2.45) is 4.99 Å². The molecule has 2 saturated heterocycles. The predicted molar refractivity (Wildman–Crippen MR) is 116 cm³/mol. The van der Waals surface area contributed by atoms with Gasteiger partial charge in [0.25, 0.3) is 5.91 Å². The fourth-order valence-electron chi connectivity index (χ4n) is 4.26. The van der Waals surface area contributed by atoms with Gasteiger partial charge in [-0.3, -0.25) is 9.69 Å². The Balaban J connectivity index is 1.44. The Morgan fingerprint density at radius 3 is 2.57 bits per heavy atom. The fraction of sp³-hybridized carbons (Fsp3) is 0.286. The Hall–Kier alpha value is -2.77. The maximum Gasteiger partial charge on any atom is 0.328 e. The highest BCUT2D eigenvalue weighted by molar-refractivity contribution is 6.35. The lowest BCUT2D eigenvalue weighted by atomic mass is 10.1. The number of carbonyl (C=O) groups is 2. The van der Waals surface area contributed by atoms with Crippen molar-refractivity contribution in [1.29, 1.82) is 0 Å². The van der Waals surface area contributed by atoms with E-state index >= 15 is 0 Å². The summed E-state index contributed by atoms with van der Waals surface area (Å²) in [5.74, 6) is 0.471. The van der Waals surface area contributed by atoms with Gasteiger partial charge < -0.3 is 14.7 Å². The van der Waals surface area contributed by atoms with Gasteiger partial charge in [-0.25, -0.2) is 9.79 Å². The number of fused-ring (bicyclic) bond motifs is 3. The van der Waals surface area contributed by atoms with Crippen molar-refractivity contribution in [2.45, 2.75) is 18.8 Å². The smallest absolute Gasteiger partial charge is 0.325 e. The van der Waals surface area contributed by atoms with E-state index in [9.17, 15) is 9.59 Å². The Morgan fingerprint density at radius 2 is 1.83 bits per heavy atom. The van der Waals surface area contributed by atoms with Crippen LogP contribution in [-0.4, -0.2) is 64.9 Å². The molecule has 0 aliphatic carbocycles. The van der Waals surface area contributed by atoms with Crippen LogP contribution in [0.2, 0.25) is 10.0 Å². The van der Waals surface area contributed by atoms with Crippen molar-refractivity contribution >= 4 is 46.8 Å². The van der Waals surface area contributed by atoms with E-state index < -0.39 is 12.2 Å². The van der Waals surface area contributed by atoms with Gasteiger partial charge in [0.2, 0.25) is 5.96 Å². The summed E-state index contributed by atoms with van der Waals surface area (Å²) in [5.41, 5.74) is 1.68. The van der Waals surface area contributed by atoms with Gasteiger partial charge in [-0.2, -0.15) is 0 Å². The number of likely N-dealkylation sites (N-methyl/N-ethyl adjacent to an activating group) is 1. The second-order valence-corrected chi connectivity index (χ2v) is 8.37. The average Bonchev–Trinajstić information content (AvgIpc) is 3.31. The number of guanidine groups is 1. The van der Waals surface area contributed by atoms with Crippen molar-refractivity contribution in [1.82, 2.24) is 14.7 Å². The molecule has 0 aromatic heterocycles. The Bertz CT molecular complexity index is 1060. The molecular weight excluding hydrogens is 425 g/mol. The lowest BCUT2D eigenvalue weighted by Gasteiger charge is -2.40. The van der Waals surface area contributed by atoms with Crippen LogP contribution in [0.5, 0.6) is 0 Å². The number of carbonyl (C=O) groups excluding carboxylic acids is 2. The van der Waals surface area contributed by atoms with Crippen LogP contribution in [-0.2, 0) is 11.3 Å². The van der Waals surface area contributed by atoms with E-state index in [-0.39, 0.29) is 18.5 Å². The van der Waals surface area contributed by atoms with E-state index in [0.717, 1.165) is 18.2 Å². The van der Waals surface area contributed by atoms with Gasteiger partial charge >= 0.3 is 6.03 Å². The van der Waals surface area contributed by atoms with Crippen LogP contribution in [0.1, 0.15) is 5.56 Å². The first-order valence-electron chi connectivity index (χ1n) is 9.65. The first-order chi connectivity index (χ1) is 14.5. The van der Waals surface area contributed by atoms with E-state index in [4.69, 9.17) is 28.2 Å². The number of amides is 3. The number of benzene rings is 2. The minimum atomic E-state index is -0.539. The fourth-order valence-corrected chi connectivity index (χ4v) is 4.72. The number of aliphatic imine (C=N–C) groups is 1. The third-order valence-corrected chi connectivity index (χ3v) is 6.38. The van der Waals surface area contributed by atoms with Gasteiger partial charge in [0.15, 0.2) is 12.2 Å². The molecule has 2 aromatic rings. The van der Waals surface area contributed by atoms with Crippen LogP contribution in [0, 0.1) is 0 Å². The standard InChI is InChI=1S/C21H19Cl2N5O2/c1-25-18-17(27-10-9-26(20(27)24-18)15-5-3-2-4-6-15)19(29)28(21(25)30)12-13-7-8-14(22)11-16(13)23/h2-8,11,17-18H,9-10,12H2,1H3. The summed E-state index contributed by atoms with van der Waals surface area (Å²) in [6.45, 7) is 1.49. The maximum absolute atomic E-state index is 13.4. The minimum absolute atomic E-state index is 0.0901. The van der Waals surface area contributed by atoms with E-state index in [1.165, 1.54) is 9.80 Å². The lowest BCUT2D eigenvalue weighted by molar-refractivity contribution is -0.137. The summed E-state index contributed by atoms with van der Waals surface area (Å²) in [6.07, 6.45) is -0.538. The predicted octanol–water partition coefficient (Wildman–Crippen LogP) is 3.27. The quantitative estimate of drug-likeness (QED) is 0.730. The molecule has 0 spiro atoms. The summed E-state index contributed by atoms with van der Waals surface area (Å²) in [5, 5.41) is 0.928. The van der Waals surface area contributed by atoms with E-state index in [1.807, 2.05) is 35.2 Å². The maximum atomic E-state index is 13.4. The number of anilines is 1. The van der Waals surface area contributed by atoms with Crippen LogP contribution in [0.4, 0.5) is 10.5 Å². The third kappa shape index (κ3) is 2.92. The zero-order valence-electron chi connectivity index (χ0n) is 16.2. The van der Waals surface area contributed by atoms with Crippen LogP contribution in [0.15, 0.2) is 53.5 Å². The number of nitrogens with zero attached hydrogens (tertiary/aromatic N) is 5. The molecule has 0 N–H and O–H groups in total. The number of urea groups is 1. The molecule has 154 valence electrons. The number of hydrogen-bond donors (Lipinski definition) is 0. The third-order valence-electron chi connectivity index (χ3n) is 5.79. The van der Waals surface area contributed by atoms with Crippen LogP contribution >= 0.6 is 23.2 Å². The summed E-state index contributed by atoms with van der Waals surface area (Å²) in [6, 6.07) is 14.1. The van der Waals surface area contributed by atoms with Gasteiger partial charge in [0, 0.05) is 35.9 Å². The van der Waals surface area contributed by atoms with Crippen molar-refractivity contribution in [3.05, 3.63) is 64.1 Å². The first kappa shape index (κ1) is 19.2. The number of hydrogen-bond acceptors (Lipinski definition) is 5. The van der Waals surface area contributed by atoms with Crippen LogP contribution < -0.4 is 4.90 Å². The molecule has 5 rings (SSSR count).